The number of thioether (sulfide) groups is 1. The molecule has 0 saturated heterocycles. The molecule has 1 atom stereocenters. The summed E-state index contributed by atoms with van der Waals surface area (Å²) in [5.74, 6) is 0.719. The van der Waals surface area contributed by atoms with Gasteiger partial charge in [-0.3, -0.25) is 0 Å². The lowest BCUT2D eigenvalue weighted by Gasteiger charge is -2.28. The molecular formula is C13H20N2O2S. The van der Waals surface area contributed by atoms with Crippen LogP contribution in [0.25, 0.3) is 0 Å². The third-order valence-corrected chi connectivity index (χ3v) is 4.36. The molecule has 0 saturated carbocycles. The summed E-state index contributed by atoms with van der Waals surface area (Å²) >= 11 is 1.61. The van der Waals surface area contributed by atoms with Crippen molar-refractivity contribution in [1.82, 2.24) is 0 Å². The summed E-state index contributed by atoms with van der Waals surface area (Å²) in [6.07, 6.45) is 0.995. The van der Waals surface area contributed by atoms with Crippen molar-refractivity contribution in [2.75, 3.05) is 24.7 Å². The lowest BCUT2D eigenvalue weighted by Crippen LogP contribution is -2.24. The van der Waals surface area contributed by atoms with E-state index in [1.807, 2.05) is 13.8 Å². The van der Waals surface area contributed by atoms with Gasteiger partial charge in [0.1, 0.15) is 12.0 Å². The number of nitrogens with two attached hydrogens (primary N) is 2. The number of rotatable bonds is 3. The minimum absolute atomic E-state index is 0.00116. The highest BCUT2D eigenvalue weighted by atomic mass is 32.2. The zero-order valence-corrected chi connectivity index (χ0v) is 11.9. The van der Waals surface area contributed by atoms with Gasteiger partial charge in [-0.25, -0.2) is 0 Å². The summed E-state index contributed by atoms with van der Waals surface area (Å²) in [5, 5.41) is 0. The summed E-state index contributed by atoms with van der Waals surface area (Å²) in [6, 6.07) is 0. The Morgan fingerprint density at radius 3 is 2.61 bits per heavy atom. The number of hydrogen-bond acceptors (Lipinski definition) is 5. The van der Waals surface area contributed by atoms with Gasteiger partial charge in [-0.2, -0.15) is 0 Å². The van der Waals surface area contributed by atoms with Crippen LogP contribution in [0.15, 0.2) is 4.90 Å². The van der Waals surface area contributed by atoms with E-state index in [0.717, 1.165) is 40.5 Å². The Morgan fingerprint density at radius 2 is 1.94 bits per heavy atom. The van der Waals surface area contributed by atoms with E-state index >= 15 is 0 Å². The first-order valence-corrected chi connectivity index (χ1v) is 7.03. The molecule has 0 spiro atoms. The molecule has 18 heavy (non-hydrogen) atoms. The molecule has 1 aliphatic rings. The van der Waals surface area contributed by atoms with E-state index in [-0.39, 0.29) is 5.44 Å². The minimum Gasteiger partial charge on any atom is -0.487 e. The van der Waals surface area contributed by atoms with E-state index < -0.39 is 0 Å². The van der Waals surface area contributed by atoms with Crippen LogP contribution in [-0.4, -0.2) is 18.6 Å². The molecule has 1 aromatic carbocycles. The molecule has 2 rings (SSSR count). The Morgan fingerprint density at radius 1 is 1.28 bits per heavy atom. The van der Waals surface area contributed by atoms with E-state index in [2.05, 4.69) is 6.92 Å². The molecule has 4 N–H and O–H groups in total. The molecule has 0 bridgehead atoms. The first-order chi connectivity index (χ1) is 8.56. The number of hydrogen-bond donors (Lipinski definition) is 2. The van der Waals surface area contributed by atoms with Gasteiger partial charge in [0.25, 0.3) is 0 Å². The molecule has 0 amide bonds. The molecule has 1 unspecified atom stereocenters. The van der Waals surface area contributed by atoms with Crippen LogP contribution in [0.2, 0.25) is 0 Å². The maximum atomic E-state index is 6.15. The fourth-order valence-electron chi connectivity index (χ4n) is 1.90. The topological polar surface area (TPSA) is 70.5 Å². The largest absolute Gasteiger partial charge is 0.487 e. The van der Waals surface area contributed by atoms with Crippen LogP contribution >= 0.6 is 11.8 Å². The standard InChI is InChI=1S/C13H20N2O2S/c1-4-5-16-9-6-17-12-10(14)7(2)8(3)11(15)13(12)18-9/h9H,4-6,14-15H2,1-3H3. The summed E-state index contributed by atoms with van der Waals surface area (Å²) < 4.78 is 11.4. The molecule has 100 valence electrons. The molecule has 4 nitrogen and oxygen atoms in total. The highest BCUT2D eigenvalue weighted by Crippen LogP contribution is 2.47. The van der Waals surface area contributed by atoms with Crippen molar-refractivity contribution >= 4 is 23.1 Å². The maximum Gasteiger partial charge on any atom is 0.158 e. The second-order valence-corrected chi connectivity index (χ2v) is 5.63. The molecular weight excluding hydrogens is 248 g/mol. The Hall–Kier alpha value is -1.07. The van der Waals surface area contributed by atoms with Crippen molar-refractivity contribution in [3.63, 3.8) is 0 Å². The van der Waals surface area contributed by atoms with Crippen molar-refractivity contribution < 1.29 is 9.47 Å². The van der Waals surface area contributed by atoms with Gasteiger partial charge >= 0.3 is 0 Å². The number of anilines is 2. The average molecular weight is 268 g/mol. The third-order valence-electron chi connectivity index (χ3n) is 3.19. The second-order valence-electron chi connectivity index (χ2n) is 4.46. The number of benzene rings is 1. The molecule has 1 aliphatic heterocycles. The molecule has 1 aromatic rings. The van der Waals surface area contributed by atoms with Crippen LogP contribution in [0.3, 0.4) is 0 Å². The van der Waals surface area contributed by atoms with E-state index in [4.69, 9.17) is 20.9 Å². The quantitative estimate of drug-likeness (QED) is 0.825. The van der Waals surface area contributed by atoms with Gasteiger partial charge in [-0.05, 0) is 31.4 Å². The zero-order chi connectivity index (χ0) is 13.3. The van der Waals surface area contributed by atoms with E-state index in [1.54, 1.807) is 11.8 Å². The first kappa shape index (κ1) is 13.4. The number of fused-ring (bicyclic) bond motifs is 1. The lowest BCUT2D eigenvalue weighted by molar-refractivity contribution is 0.0723. The van der Waals surface area contributed by atoms with Gasteiger partial charge in [0.15, 0.2) is 5.75 Å². The minimum atomic E-state index is 0.00116. The summed E-state index contributed by atoms with van der Waals surface area (Å²) in [5.41, 5.74) is 15.7. The number of nitrogen functional groups attached to an aromatic ring is 2. The van der Waals surface area contributed by atoms with Crippen LogP contribution in [-0.2, 0) is 4.74 Å². The fourth-order valence-corrected chi connectivity index (χ4v) is 3.02. The normalized spacial score (nSPS) is 18.3. The summed E-state index contributed by atoms with van der Waals surface area (Å²) in [6.45, 7) is 7.29. The van der Waals surface area contributed by atoms with Crippen molar-refractivity contribution in [3.8, 4) is 5.75 Å². The summed E-state index contributed by atoms with van der Waals surface area (Å²) in [7, 11) is 0. The second kappa shape index (κ2) is 5.28. The van der Waals surface area contributed by atoms with Crippen molar-refractivity contribution in [1.29, 1.82) is 0 Å². The molecule has 0 aromatic heterocycles. The molecule has 0 aliphatic carbocycles. The lowest BCUT2D eigenvalue weighted by atomic mass is 10.1. The van der Waals surface area contributed by atoms with Crippen molar-refractivity contribution in [3.05, 3.63) is 11.1 Å². The van der Waals surface area contributed by atoms with Gasteiger partial charge in [-0.15, -0.1) is 0 Å². The smallest absolute Gasteiger partial charge is 0.158 e. The van der Waals surface area contributed by atoms with E-state index in [0.29, 0.717) is 12.3 Å². The fraction of sp³-hybridized carbons (Fsp3) is 0.538. The van der Waals surface area contributed by atoms with Gasteiger partial charge in [-0.1, -0.05) is 18.7 Å². The Labute approximate surface area is 112 Å². The zero-order valence-electron chi connectivity index (χ0n) is 11.1. The highest BCUT2D eigenvalue weighted by molar-refractivity contribution is 8.00. The summed E-state index contributed by atoms with van der Waals surface area (Å²) in [4.78, 5) is 0.919. The maximum absolute atomic E-state index is 6.15. The predicted octanol–water partition coefficient (Wildman–Crippen LogP) is 2.71. The highest BCUT2D eigenvalue weighted by Gasteiger charge is 2.27. The monoisotopic (exact) mass is 268 g/mol. The Balaban J connectivity index is 2.32. The van der Waals surface area contributed by atoms with Crippen LogP contribution in [0.4, 0.5) is 11.4 Å². The van der Waals surface area contributed by atoms with Crippen LogP contribution in [0.5, 0.6) is 5.75 Å². The third kappa shape index (κ3) is 2.24. The van der Waals surface area contributed by atoms with Gasteiger partial charge in [0.05, 0.1) is 16.3 Å². The predicted molar refractivity (Wildman–Crippen MR) is 76.1 cm³/mol. The first-order valence-electron chi connectivity index (χ1n) is 6.15. The van der Waals surface area contributed by atoms with E-state index in [9.17, 15) is 0 Å². The molecule has 5 heteroatoms. The van der Waals surface area contributed by atoms with Crippen molar-refractivity contribution in [2.24, 2.45) is 0 Å². The SMILES string of the molecule is CCCOC1COc2c(N)c(C)c(C)c(N)c2S1. The number of ether oxygens (including phenoxy) is 2. The van der Waals surface area contributed by atoms with Gasteiger partial charge in [0, 0.05) is 6.61 Å². The average Bonchev–Trinajstić information content (AvgIpc) is 2.40. The molecule has 1 heterocycles. The Bertz CT molecular complexity index is 463. The Kier molecular flexibility index (Phi) is 3.92. The van der Waals surface area contributed by atoms with Crippen molar-refractivity contribution in [2.45, 2.75) is 37.5 Å². The van der Waals surface area contributed by atoms with Crippen LogP contribution < -0.4 is 16.2 Å². The van der Waals surface area contributed by atoms with Crippen LogP contribution in [0, 0.1) is 13.8 Å². The van der Waals surface area contributed by atoms with Gasteiger partial charge in [0.2, 0.25) is 0 Å². The van der Waals surface area contributed by atoms with Crippen LogP contribution in [0.1, 0.15) is 24.5 Å². The molecule has 0 radical (unpaired) electrons. The molecule has 0 fully saturated rings. The van der Waals surface area contributed by atoms with Gasteiger partial charge < -0.3 is 20.9 Å². The van der Waals surface area contributed by atoms with E-state index in [1.165, 1.54) is 0 Å².